The second-order valence-corrected chi connectivity index (χ2v) is 7.84. The van der Waals surface area contributed by atoms with Crippen LogP contribution in [0.1, 0.15) is 16.8 Å². The summed E-state index contributed by atoms with van der Waals surface area (Å²) in [5.74, 6) is 0.608. The van der Waals surface area contributed by atoms with E-state index in [1.807, 2.05) is 24.4 Å². The molecular weight excluding hydrogens is 382 g/mol. The highest BCUT2D eigenvalue weighted by Gasteiger charge is 2.22. The molecule has 0 bridgehead atoms. The molecule has 7 heteroatoms. The number of pyridine rings is 2. The maximum atomic E-state index is 12.8. The minimum atomic E-state index is -0.0595. The van der Waals surface area contributed by atoms with Crippen molar-refractivity contribution in [1.82, 2.24) is 24.8 Å². The fraction of sp³-hybridized carbons (Fsp3) is 0.182. The van der Waals surface area contributed by atoms with Gasteiger partial charge in [-0.1, -0.05) is 6.07 Å². The molecule has 0 saturated carbocycles. The lowest BCUT2D eigenvalue weighted by Crippen LogP contribution is -2.35. The standard InChI is InChI=1S/C22H19N5OS/c28-22-18-13-27(12-16-2-1-7-24-20(16)17-6-11-29-14-17)10-5-19(18)25-21(26-22)15-3-8-23-9-4-15/h1-4,6-9,11,14H,5,10,12-13H2,(H,25,26,28). The molecule has 144 valence electrons. The van der Waals surface area contributed by atoms with Crippen LogP contribution in [0.15, 0.2) is 64.5 Å². The molecule has 5 rings (SSSR count). The summed E-state index contributed by atoms with van der Waals surface area (Å²) in [5, 5.41) is 4.18. The topological polar surface area (TPSA) is 74.8 Å². The maximum Gasteiger partial charge on any atom is 0.255 e. The number of fused-ring (bicyclic) bond motifs is 1. The van der Waals surface area contributed by atoms with Crippen molar-refractivity contribution in [2.75, 3.05) is 6.54 Å². The van der Waals surface area contributed by atoms with E-state index in [9.17, 15) is 4.79 Å². The van der Waals surface area contributed by atoms with Crippen LogP contribution in [0.25, 0.3) is 22.6 Å². The fourth-order valence-corrected chi connectivity index (χ4v) is 4.37. The average Bonchev–Trinajstić information content (AvgIpc) is 3.30. The van der Waals surface area contributed by atoms with Gasteiger partial charge in [0.05, 0.1) is 17.0 Å². The molecule has 0 aromatic carbocycles. The molecule has 1 aliphatic heterocycles. The van der Waals surface area contributed by atoms with E-state index < -0.39 is 0 Å². The molecule has 0 unspecified atom stereocenters. The van der Waals surface area contributed by atoms with E-state index in [4.69, 9.17) is 4.98 Å². The fourth-order valence-electron chi connectivity index (χ4n) is 3.73. The number of hydrogen-bond donors (Lipinski definition) is 1. The zero-order chi connectivity index (χ0) is 19.6. The highest BCUT2D eigenvalue weighted by atomic mass is 32.1. The smallest absolute Gasteiger partial charge is 0.255 e. The van der Waals surface area contributed by atoms with Gasteiger partial charge in [0.25, 0.3) is 5.56 Å². The molecule has 4 aromatic rings. The zero-order valence-corrected chi connectivity index (χ0v) is 16.5. The van der Waals surface area contributed by atoms with Crippen molar-refractivity contribution in [3.63, 3.8) is 0 Å². The molecule has 5 heterocycles. The van der Waals surface area contributed by atoms with Gasteiger partial charge in [-0.15, -0.1) is 0 Å². The summed E-state index contributed by atoms with van der Waals surface area (Å²) >= 11 is 1.67. The van der Waals surface area contributed by atoms with Crippen molar-refractivity contribution < 1.29 is 0 Å². The normalized spacial score (nSPS) is 13.9. The van der Waals surface area contributed by atoms with Crippen molar-refractivity contribution in [3.05, 3.63) is 86.9 Å². The van der Waals surface area contributed by atoms with Crippen LogP contribution in [0.5, 0.6) is 0 Å². The largest absolute Gasteiger partial charge is 0.306 e. The molecule has 0 spiro atoms. The van der Waals surface area contributed by atoms with Crippen molar-refractivity contribution in [3.8, 4) is 22.6 Å². The highest BCUT2D eigenvalue weighted by Crippen LogP contribution is 2.26. The van der Waals surface area contributed by atoms with Gasteiger partial charge in [-0.3, -0.25) is 19.7 Å². The Hall–Kier alpha value is -3.16. The third kappa shape index (κ3) is 3.62. The van der Waals surface area contributed by atoms with Crippen LogP contribution in [0.4, 0.5) is 0 Å². The SMILES string of the molecule is O=c1[nH]c(-c2ccncc2)nc2c1CN(Cc1cccnc1-c1ccsc1)CC2. The second kappa shape index (κ2) is 7.69. The molecule has 0 saturated heterocycles. The molecule has 0 aliphatic carbocycles. The van der Waals surface area contributed by atoms with Gasteiger partial charge in [-0.05, 0) is 35.2 Å². The molecular formula is C22H19N5OS. The van der Waals surface area contributed by atoms with Crippen LogP contribution in [-0.4, -0.2) is 31.4 Å². The maximum absolute atomic E-state index is 12.8. The number of aromatic amines is 1. The minimum absolute atomic E-state index is 0.0595. The van der Waals surface area contributed by atoms with Gasteiger partial charge in [0.15, 0.2) is 0 Å². The van der Waals surface area contributed by atoms with Crippen molar-refractivity contribution in [2.45, 2.75) is 19.5 Å². The summed E-state index contributed by atoms with van der Waals surface area (Å²) in [4.78, 5) is 31.3. The first-order valence-electron chi connectivity index (χ1n) is 9.49. The van der Waals surface area contributed by atoms with Crippen molar-refractivity contribution >= 4 is 11.3 Å². The highest BCUT2D eigenvalue weighted by molar-refractivity contribution is 7.08. The Labute approximate surface area is 171 Å². The zero-order valence-electron chi connectivity index (χ0n) is 15.7. The van der Waals surface area contributed by atoms with Crippen LogP contribution in [0, 0.1) is 0 Å². The Kier molecular flexibility index (Phi) is 4.75. The Morgan fingerprint density at radius 1 is 1.10 bits per heavy atom. The first kappa shape index (κ1) is 17.9. The number of H-pyrrole nitrogens is 1. The van der Waals surface area contributed by atoms with E-state index in [0.717, 1.165) is 47.6 Å². The van der Waals surface area contributed by atoms with Crippen LogP contribution in [-0.2, 0) is 19.5 Å². The summed E-state index contributed by atoms with van der Waals surface area (Å²) in [6.45, 7) is 2.20. The first-order chi connectivity index (χ1) is 14.3. The Morgan fingerprint density at radius 2 is 2.00 bits per heavy atom. The Balaban J connectivity index is 1.41. The first-order valence-corrected chi connectivity index (χ1v) is 10.4. The number of hydrogen-bond acceptors (Lipinski definition) is 6. The van der Waals surface area contributed by atoms with Gasteiger partial charge in [-0.2, -0.15) is 11.3 Å². The van der Waals surface area contributed by atoms with Gasteiger partial charge in [0.1, 0.15) is 5.82 Å². The van der Waals surface area contributed by atoms with Crippen molar-refractivity contribution in [2.24, 2.45) is 0 Å². The number of nitrogens with one attached hydrogen (secondary N) is 1. The number of nitrogens with zero attached hydrogens (tertiary/aromatic N) is 4. The monoisotopic (exact) mass is 401 g/mol. The summed E-state index contributed by atoms with van der Waals surface area (Å²) < 4.78 is 0. The molecule has 4 aromatic heterocycles. The van der Waals surface area contributed by atoms with Gasteiger partial charge >= 0.3 is 0 Å². The lowest BCUT2D eigenvalue weighted by atomic mass is 10.0. The summed E-state index contributed by atoms with van der Waals surface area (Å²) in [6, 6.07) is 9.89. The third-order valence-electron chi connectivity index (χ3n) is 5.18. The van der Waals surface area contributed by atoms with E-state index in [1.165, 1.54) is 5.56 Å². The number of rotatable bonds is 4. The van der Waals surface area contributed by atoms with Gasteiger partial charge in [-0.25, -0.2) is 4.98 Å². The second-order valence-electron chi connectivity index (χ2n) is 7.06. The average molecular weight is 401 g/mol. The molecule has 0 fully saturated rings. The molecule has 29 heavy (non-hydrogen) atoms. The van der Waals surface area contributed by atoms with Crippen LogP contribution in [0.3, 0.4) is 0 Å². The number of thiophene rings is 1. The van der Waals surface area contributed by atoms with Crippen LogP contribution < -0.4 is 5.56 Å². The van der Waals surface area contributed by atoms with Gasteiger partial charge < -0.3 is 4.98 Å². The van der Waals surface area contributed by atoms with Crippen molar-refractivity contribution in [1.29, 1.82) is 0 Å². The van der Waals surface area contributed by atoms with Gasteiger partial charge in [0.2, 0.25) is 0 Å². The molecule has 1 N–H and O–H groups in total. The summed E-state index contributed by atoms with van der Waals surface area (Å²) in [6.07, 6.45) is 5.99. The Bertz CT molecular complexity index is 1190. The molecule has 1 aliphatic rings. The van der Waals surface area contributed by atoms with E-state index in [2.05, 4.69) is 42.7 Å². The molecule has 0 atom stereocenters. The quantitative estimate of drug-likeness (QED) is 0.566. The van der Waals surface area contributed by atoms with Crippen LogP contribution >= 0.6 is 11.3 Å². The summed E-state index contributed by atoms with van der Waals surface area (Å²) in [5.41, 5.74) is 5.79. The minimum Gasteiger partial charge on any atom is -0.306 e. The lowest BCUT2D eigenvalue weighted by Gasteiger charge is -2.28. The van der Waals surface area contributed by atoms with Gasteiger partial charge in [0, 0.05) is 61.2 Å². The van der Waals surface area contributed by atoms with E-state index >= 15 is 0 Å². The number of aromatic nitrogens is 4. The molecule has 0 amide bonds. The van der Waals surface area contributed by atoms with E-state index in [-0.39, 0.29) is 5.56 Å². The lowest BCUT2D eigenvalue weighted by molar-refractivity contribution is 0.242. The molecule has 6 nitrogen and oxygen atoms in total. The Morgan fingerprint density at radius 3 is 2.83 bits per heavy atom. The van der Waals surface area contributed by atoms with E-state index in [1.54, 1.807) is 23.7 Å². The van der Waals surface area contributed by atoms with Crippen LogP contribution in [0.2, 0.25) is 0 Å². The summed E-state index contributed by atoms with van der Waals surface area (Å²) in [7, 11) is 0. The van der Waals surface area contributed by atoms with E-state index in [0.29, 0.717) is 12.4 Å². The predicted octanol–water partition coefficient (Wildman–Crippen LogP) is 3.51. The predicted molar refractivity (Wildman–Crippen MR) is 113 cm³/mol. The third-order valence-corrected chi connectivity index (χ3v) is 5.86. The molecule has 0 radical (unpaired) electrons.